The van der Waals surface area contributed by atoms with Crippen LogP contribution in [-0.4, -0.2) is 39.5 Å². The number of hydrogen-bond acceptors (Lipinski definition) is 4. The van der Waals surface area contributed by atoms with Gasteiger partial charge in [0, 0.05) is 14.2 Å². The van der Waals surface area contributed by atoms with Gasteiger partial charge in [0.25, 0.3) is 0 Å². The quantitative estimate of drug-likeness (QED) is 0.498. The maximum atomic E-state index is 11.4. The van der Waals surface area contributed by atoms with Crippen LogP contribution in [0.1, 0.15) is 6.42 Å². The normalized spacial score (nSPS) is 31.5. The standard InChI is InChI=1S/C10H16O4/c1-12-7-4-5-9(13-2)8(6-7)10(11)14-3/h4-5,7-9H,6H2,1-3H3/t7-,8+,9-/m1/s1. The highest BCUT2D eigenvalue weighted by Gasteiger charge is 2.32. The van der Waals surface area contributed by atoms with E-state index >= 15 is 0 Å². The maximum absolute atomic E-state index is 11.4. The third kappa shape index (κ3) is 2.33. The molecule has 4 nitrogen and oxygen atoms in total. The number of ether oxygens (including phenoxy) is 3. The molecule has 0 saturated heterocycles. The molecular weight excluding hydrogens is 184 g/mol. The molecule has 4 heteroatoms. The number of methoxy groups -OCH3 is 3. The van der Waals surface area contributed by atoms with Gasteiger partial charge in [0.2, 0.25) is 0 Å². The van der Waals surface area contributed by atoms with E-state index < -0.39 is 0 Å². The molecular formula is C10H16O4. The van der Waals surface area contributed by atoms with Crippen LogP contribution >= 0.6 is 0 Å². The Labute approximate surface area is 83.8 Å². The predicted molar refractivity (Wildman–Crippen MR) is 50.9 cm³/mol. The summed E-state index contributed by atoms with van der Waals surface area (Å²) >= 11 is 0. The highest BCUT2D eigenvalue weighted by atomic mass is 16.5. The van der Waals surface area contributed by atoms with Gasteiger partial charge in [0.15, 0.2) is 0 Å². The van der Waals surface area contributed by atoms with E-state index in [9.17, 15) is 4.79 Å². The van der Waals surface area contributed by atoms with Gasteiger partial charge in [-0.25, -0.2) is 0 Å². The second kappa shape index (κ2) is 5.12. The first-order valence-corrected chi connectivity index (χ1v) is 4.54. The molecule has 0 aromatic heterocycles. The van der Waals surface area contributed by atoms with Gasteiger partial charge in [0.05, 0.1) is 25.2 Å². The van der Waals surface area contributed by atoms with Crippen molar-refractivity contribution >= 4 is 5.97 Å². The van der Waals surface area contributed by atoms with E-state index in [-0.39, 0.29) is 24.1 Å². The lowest BCUT2D eigenvalue weighted by Gasteiger charge is -2.28. The van der Waals surface area contributed by atoms with Gasteiger partial charge in [-0.05, 0) is 6.42 Å². The van der Waals surface area contributed by atoms with E-state index in [1.165, 1.54) is 7.11 Å². The number of esters is 1. The first-order chi connectivity index (χ1) is 6.72. The van der Waals surface area contributed by atoms with Crippen molar-refractivity contribution in [3.8, 4) is 0 Å². The molecule has 14 heavy (non-hydrogen) atoms. The van der Waals surface area contributed by atoms with Gasteiger partial charge in [-0.1, -0.05) is 12.2 Å². The third-order valence-corrected chi connectivity index (χ3v) is 2.48. The summed E-state index contributed by atoms with van der Waals surface area (Å²) < 4.78 is 15.0. The van der Waals surface area contributed by atoms with Crippen LogP contribution in [0.4, 0.5) is 0 Å². The van der Waals surface area contributed by atoms with Crippen LogP contribution in [0, 0.1) is 5.92 Å². The first kappa shape index (κ1) is 11.2. The molecule has 0 amide bonds. The smallest absolute Gasteiger partial charge is 0.311 e. The Hall–Kier alpha value is -0.870. The van der Waals surface area contributed by atoms with Crippen LogP contribution in [-0.2, 0) is 19.0 Å². The van der Waals surface area contributed by atoms with Crippen molar-refractivity contribution in [2.24, 2.45) is 5.92 Å². The van der Waals surface area contributed by atoms with E-state index in [4.69, 9.17) is 14.2 Å². The Morgan fingerprint density at radius 3 is 2.43 bits per heavy atom. The molecule has 0 saturated carbocycles. The second-order valence-corrected chi connectivity index (χ2v) is 3.22. The largest absolute Gasteiger partial charge is 0.469 e. The summed E-state index contributed by atoms with van der Waals surface area (Å²) in [5.74, 6) is -0.511. The molecule has 1 rings (SSSR count). The zero-order valence-corrected chi connectivity index (χ0v) is 8.73. The zero-order chi connectivity index (χ0) is 10.6. The van der Waals surface area contributed by atoms with Crippen molar-refractivity contribution in [1.29, 1.82) is 0 Å². The van der Waals surface area contributed by atoms with E-state index in [1.807, 2.05) is 12.2 Å². The summed E-state index contributed by atoms with van der Waals surface area (Å²) in [5.41, 5.74) is 0. The highest BCUT2D eigenvalue weighted by molar-refractivity contribution is 5.73. The Kier molecular flexibility index (Phi) is 4.10. The molecule has 0 N–H and O–H groups in total. The summed E-state index contributed by atoms with van der Waals surface area (Å²) in [5, 5.41) is 0. The molecule has 0 bridgehead atoms. The number of hydrogen-bond donors (Lipinski definition) is 0. The number of carbonyl (C=O) groups is 1. The van der Waals surface area contributed by atoms with Gasteiger partial charge in [0.1, 0.15) is 0 Å². The maximum Gasteiger partial charge on any atom is 0.311 e. The fourth-order valence-electron chi connectivity index (χ4n) is 1.63. The lowest BCUT2D eigenvalue weighted by atomic mass is 9.90. The molecule has 0 aromatic carbocycles. The Bertz CT molecular complexity index is 224. The van der Waals surface area contributed by atoms with Crippen molar-refractivity contribution in [3.05, 3.63) is 12.2 Å². The lowest BCUT2D eigenvalue weighted by molar-refractivity contribution is -0.151. The van der Waals surface area contributed by atoms with E-state index in [1.54, 1.807) is 14.2 Å². The monoisotopic (exact) mass is 200 g/mol. The van der Waals surface area contributed by atoms with E-state index in [0.29, 0.717) is 6.42 Å². The van der Waals surface area contributed by atoms with Crippen molar-refractivity contribution < 1.29 is 19.0 Å². The third-order valence-electron chi connectivity index (χ3n) is 2.48. The molecule has 0 radical (unpaired) electrons. The fourth-order valence-corrected chi connectivity index (χ4v) is 1.63. The van der Waals surface area contributed by atoms with Crippen LogP contribution in [0.3, 0.4) is 0 Å². The second-order valence-electron chi connectivity index (χ2n) is 3.22. The van der Waals surface area contributed by atoms with Crippen LogP contribution in [0.25, 0.3) is 0 Å². The minimum Gasteiger partial charge on any atom is -0.469 e. The Morgan fingerprint density at radius 2 is 1.93 bits per heavy atom. The van der Waals surface area contributed by atoms with Gasteiger partial charge < -0.3 is 14.2 Å². The van der Waals surface area contributed by atoms with Crippen LogP contribution < -0.4 is 0 Å². The molecule has 80 valence electrons. The molecule has 0 aromatic rings. The molecule has 0 unspecified atom stereocenters. The topological polar surface area (TPSA) is 44.8 Å². The average Bonchev–Trinajstić information content (AvgIpc) is 2.27. The Balaban J connectivity index is 2.71. The molecule has 3 atom stereocenters. The fraction of sp³-hybridized carbons (Fsp3) is 0.700. The minimum absolute atomic E-state index is 0.0227. The van der Waals surface area contributed by atoms with Gasteiger partial charge >= 0.3 is 5.97 Å². The Morgan fingerprint density at radius 1 is 1.21 bits per heavy atom. The van der Waals surface area contributed by atoms with E-state index in [2.05, 4.69) is 0 Å². The summed E-state index contributed by atoms with van der Waals surface area (Å²) in [4.78, 5) is 11.4. The lowest BCUT2D eigenvalue weighted by Crippen LogP contribution is -2.36. The first-order valence-electron chi connectivity index (χ1n) is 4.54. The molecule has 1 aliphatic rings. The van der Waals surface area contributed by atoms with Crippen LogP contribution in [0.5, 0.6) is 0 Å². The summed E-state index contributed by atoms with van der Waals surface area (Å²) in [6.07, 6.45) is 4.14. The van der Waals surface area contributed by atoms with Crippen LogP contribution in [0.15, 0.2) is 12.2 Å². The molecule has 1 aliphatic carbocycles. The summed E-state index contributed by atoms with van der Waals surface area (Å²) in [7, 11) is 4.59. The summed E-state index contributed by atoms with van der Waals surface area (Å²) in [6.45, 7) is 0. The minimum atomic E-state index is -0.264. The van der Waals surface area contributed by atoms with Gasteiger partial charge in [-0.2, -0.15) is 0 Å². The van der Waals surface area contributed by atoms with Gasteiger partial charge in [-0.15, -0.1) is 0 Å². The van der Waals surface area contributed by atoms with Crippen molar-refractivity contribution in [2.45, 2.75) is 18.6 Å². The average molecular weight is 200 g/mol. The number of carbonyl (C=O) groups excluding carboxylic acids is 1. The van der Waals surface area contributed by atoms with Crippen molar-refractivity contribution in [2.75, 3.05) is 21.3 Å². The summed E-state index contributed by atoms with van der Waals surface area (Å²) in [6, 6.07) is 0. The van der Waals surface area contributed by atoms with Gasteiger partial charge in [-0.3, -0.25) is 4.79 Å². The van der Waals surface area contributed by atoms with Crippen molar-refractivity contribution in [1.82, 2.24) is 0 Å². The molecule has 0 spiro atoms. The number of rotatable bonds is 3. The molecule has 0 aliphatic heterocycles. The SMILES string of the molecule is COC(=O)[C@H]1C[C@H](OC)C=C[C@H]1OC. The van der Waals surface area contributed by atoms with Crippen molar-refractivity contribution in [3.63, 3.8) is 0 Å². The van der Waals surface area contributed by atoms with E-state index in [0.717, 1.165) is 0 Å². The predicted octanol–water partition coefficient (Wildman–Crippen LogP) is 0.765. The zero-order valence-electron chi connectivity index (χ0n) is 8.73. The molecule has 0 heterocycles. The highest BCUT2D eigenvalue weighted by Crippen LogP contribution is 2.24. The van der Waals surface area contributed by atoms with Crippen LogP contribution in [0.2, 0.25) is 0 Å². The molecule has 0 fully saturated rings.